The van der Waals surface area contributed by atoms with Gasteiger partial charge in [-0.3, -0.25) is 43.2 Å². The lowest BCUT2D eigenvalue weighted by Gasteiger charge is -2.26. The second kappa shape index (κ2) is 27.5. The molecule has 23 nitrogen and oxygen atoms in total. The van der Waals surface area contributed by atoms with Crippen molar-refractivity contribution in [2.24, 2.45) is 11.7 Å². The van der Waals surface area contributed by atoms with Crippen LogP contribution in [0.5, 0.6) is 11.5 Å². The molecule has 372 valence electrons. The van der Waals surface area contributed by atoms with E-state index >= 15 is 0 Å². The Balaban J connectivity index is 1.81. The smallest absolute Gasteiger partial charge is 0.326 e. The molecule has 3 aromatic carbocycles. The van der Waals surface area contributed by atoms with Gasteiger partial charge in [-0.1, -0.05) is 68.4 Å². The first-order chi connectivity index (χ1) is 32.6. The van der Waals surface area contributed by atoms with Gasteiger partial charge >= 0.3 is 17.9 Å². The van der Waals surface area contributed by atoms with Crippen molar-refractivity contribution < 1.29 is 73.5 Å². The van der Waals surface area contributed by atoms with E-state index in [0.717, 1.165) is 0 Å². The van der Waals surface area contributed by atoms with E-state index in [0.29, 0.717) is 16.7 Å². The van der Waals surface area contributed by atoms with E-state index in [4.69, 9.17) is 10.8 Å². The molecule has 0 fully saturated rings. The molecule has 0 heterocycles. The third kappa shape index (κ3) is 20.5. The Morgan fingerprint density at radius 1 is 0.493 bits per heavy atom. The maximum Gasteiger partial charge on any atom is 0.326 e. The minimum absolute atomic E-state index is 0.0903. The summed E-state index contributed by atoms with van der Waals surface area (Å²) < 4.78 is 0. The fraction of sp³-hybridized carbons (Fsp3) is 0.391. The number of carbonyl (C=O) groups is 10. The molecule has 0 aliphatic rings. The van der Waals surface area contributed by atoms with Crippen molar-refractivity contribution in [3.05, 3.63) is 95.6 Å². The fourth-order valence-corrected chi connectivity index (χ4v) is 6.60. The summed E-state index contributed by atoms with van der Waals surface area (Å²) >= 11 is 0. The number of phenols is 2. The Kier molecular flexibility index (Phi) is 22.0. The average Bonchev–Trinajstić information content (AvgIpc) is 3.29. The first-order valence-electron chi connectivity index (χ1n) is 21.7. The molecule has 0 aliphatic heterocycles. The number of carboxylic acid groups (broad SMARTS) is 3. The Hall–Kier alpha value is -8.08. The largest absolute Gasteiger partial charge is 0.508 e. The number of rotatable bonds is 28. The molecular formula is C46H58N8O15. The lowest BCUT2D eigenvalue weighted by Crippen LogP contribution is -2.59. The summed E-state index contributed by atoms with van der Waals surface area (Å²) in [6, 6.07) is 10.4. The van der Waals surface area contributed by atoms with Gasteiger partial charge < -0.3 is 68.5 Å². The van der Waals surface area contributed by atoms with Crippen molar-refractivity contribution in [1.82, 2.24) is 37.2 Å². The topological polar surface area (TPSA) is 382 Å². The number of benzene rings is 3. The highest BCUT2D eigenvalue weighted by Gasteiger charge is 2.33. The van der Waals surface area contributed by atoms with E-state index in [2.05, 4.69) is 37.2 Å². The number of amides is 7. The van der Waals surface area contributed by atoms with Crippen molar-refractivity contribution in [2.75, 3.05) is 13.1 Å². The molecule has 3 rings (SSSR count). The number of aliphatic carboxylic acids is 3. The number of aromatic hydroxyl groups is 2. The van der Waals surface area contributed by atoms with Crippen molar-refractivity contribution in [3.63, 3.8) is 0 Å². The zero-order valence-electron chi connectivity index (χ0n) is 37.8. The quantitative estimate of drug-likeness (QED) is 0.0397. The SMILES string of the molecule is CC(C)C[C@H](NC(=O)CNC(=O)[C@@H](N)CCC(=O)O)C(=O)NCC(=O)N[C@@H](Cc1ccc(O)cc1)C(=O)N[C@@H](Cc1ccccc1)C(=O)N[C@@H](CC(=O)O)C(=O)N[C@@H](Cc1ccc(O)cc1)C(=O)O. The lowest BCUT2D eigenvalue weighted by molar-refractivity contribution is -0.143. The van der Waals surface area contributed by atoms with Crippen molar-refractivity contribution in [2.45, 2.75) is 95.0 Å². The zero-order chi connectivity index (χ0) is 51.2. The predicted octanol–water partition coefficient (Wildman–Crippen LogP) is -1.42. The molecular weight excluding hydrogens is 905 g/mol. The highest BCUT2D eigenvalue weighted by Crippen LogP contribution is 2.14. The summed E-state index contributed by atoms with van der Waals surface area (Å²) in [6.07, 6.45) is -2.18. The van der Waals surface area contributed by atoms with Crippen molar-refractivity contribution >= 4 is 59.3 Å². The number of phenolic OH excluding ortho intramolecular Hbond substituents is 2. The molecule has 14 N–H and O–H groups in total. The Morgan fingerprint density at radius 2 is 0.913 bits per heavy atom. The highest BCUT2D eigenvalue weighted by molar-refractivity contribution is 5.97. The Morgan fingerprint density at radius 3 is 1.39 bits per heavy atom. The van der Waals surface area contributed by atoms with Crippen LogP contribution in [-0.2, 0) is 67.2 Å². The van der Waals surface area contributed by atoms with Gasteiger partial charge in [0, 0.05) is 25.7 Å². The summed E-state index contributed by atoms with van der Waals surface area (Å²) in [5, 5.41) is 64.6. The molecule has 0 aromatic heterocycles. The van der Waals surface area contributed by atoms with Crippen LogP contribution in [0.1, 0.15) is 56.2 Å². The van der Waals surface area contributed by atoms with Gasteiger partial charge in [0.15, 0.2) is 0 Å². The van der Waals surface area contributed by atoms with Crippen LogP contribution in [0.25, 0.3) is 0 Å². The molecule has 69 heavy (non-hydrogen) atoms. The third-order valence-electron chi connectivity index (χ3n) is 10.2. The van der Waals surface area contributed by atoms with Crippen LogP contribution in [0.15, 0.2) is 78.9 Å². The van der Waals surface area contributed by atoms with Crippen molar-refractivity contribution in [3.8, 4) is 11.5 Å². The minimum Gasteiger partial charge on any atom is -0.508 e. The average molecular weight is 963 g/mol. The maximum absolute atomic E-state index is 14.2. The third-order valence-corrected chi connectivity index (χ3v) is 10.2. The maximum atomic E-state index is 14.2. The standard InChI is InChI=1S/C46H58N8O15/c1-25(2)18-32(50-37(57)23-48-41(63)31(47)16-17-39(59)60)42(64)49-24-38(58)51-33(20-27-8-12-29(55)13-9-27)43(65)52-34(19-26-6-4-3-5-7-26)44(66)53-35(22-40(61)62)45(67)54-36(46(68)69)21-28-10-14-30(56)15-11-28/h3-15,25,31-36,55-56H,16-24,47H2,1-2H3,(H,48,63)(H,49,64)(H,50,57)(H,51,58)(H,52,65)(H,53,66)(H,54,67)(H,59,60)(H,61,62)(H,68,69)/t31-,32-,33-,34-,35-,36-/m0/s1. The summed E-state index contributed by atoms with van der Waals surface area (Å²) in [6.45, 7) is 2.20. The second-order valence-corrected chi connectivity index (χ2v) is 16.4. The first kappa shape index (κ1) is 55.2. The summed E-state index contributed by atoms with van der Waals surface area (Å²) in [5.41, 5.74) is 7.01. The van der Waals surface area contributed by atoms with Gasteiger partial charge in [0.1, 0.15) is 41.7 Å². The predicted molar refractivity (Wildman–Crippen MR) is 244 cm³/mol. The summed E-state index contributed by atoms with van der Waals surface area (Å²) in [5.74, 6) is -11.0. The number of nitrogens with one attached hydrogen (secondary N) is 7. The van der Waals surface area contributed by atoms with Crippen LogP contribution in [0.2, 0.25) is 0 Å². The van der Waals surface area contributed by atoms with E-state index in [1.165, 1.54) is 48.5 Å². The molecule has 3 aromatic rings. The van der Waals surface area contributed by atoms with Gasteiger partial charge in [-0.15, -0.1) is 0 Å². The van der Waals surface area contributed by atoms with E-state index in [-0.39, 0.29) is 55.9 Å². The number of hydrogen-bond donors (Lipinski definition) is 13. The van der Waals surface area contributed by atoms with Gasteiger partial charge in [0.2, 0.25) is 41.4 Å². The minimum atomic E-state index is -1.85. The fourth-order valence-electron chi connectivity index (χ4n) is 6.60. The van der Waals surface area contributed by atoms with Gasteiger partial charge in [-0.2, -0.15) is 0 Å². The van der Waals surface area contributed by atoms with E-state index in [9.17, 15) is 68.4 Å². The van der Waals surface area contributed by atoms with Crippen LogP contribution >= 0.6 is 0 Å². The van der Waals surface area contributed by atoms with Gasteiger partial charge in [-0.25, -0.2) is 4.79 Å². The van der Waals surface area contributed by atoms with Crippen LogP contribution in [-0.4, -0.2) is 134 Å². The van der Waals surface area contributed by atoms with Crippen LogP contribution in [0, 0.1) is 5.92 Å². The van der Waals surface area contributed by atoms with E-state index in [1.54, 1.807) is 44.2 Å². The number of carbonyl (C=O) groups excluding carboxylic acids is 7. The van der Waals surface area contributed by atoms with Crippen LogP contribution in [0.4, 0.5) is 0 Å². The molecule has 23 heteroatoms. The van der Waals surface area contributed by atoms with Gasteiger partial charge in [0.25, 0.3) is 0 Å². The molecule has 0 radical (unpaired) electrons. The summed E-state index contributed by atoms with van der Waals surface area (Å²) in [4.78, 5) is 128. The van der Waals surface area contributed by atoms with Crippen molar-refractivity contribution in [1.29, 1.82) is 0 Å². The molecule has 7 amide bonds. The first-order valence-corrected chi connectivity index (χ1v) is 21.7. The zero-order valence-corrected chi connectivity index (χ0v) is 37.8. The molecule has 0 unspecified atom stereocenters. The summed E-state index contributed by atoms with van der Waals surface area (Å²) in [7, 11) is 0. The number of carboxylic acids is 3. The molecule has 0 bridgehead atoms. The second-order valence-electron chi connectivity index (χ2n) is 16.4. The normalized spacial score (nSPS) is 13.4. The van der Waals surface area contributed by atoms with Crippen LogP contribution in [0.3, 0.4) is 0 Å². The molecule has 0 saturated heterocycles. The van der Waals surface area contributed by atoms with Gasteiger partial charge in [0.05, 0.1) is 25.6 Å². The lowest BCUT2D eigenvalue weighted by atomic mass is 10.0. The highest BCUT2D eigenvalue weighted by atomic mass is 16.4. The van der Waals surface area contributed by atoms with Gasteiger partial charge in [-0.05, 0) is 59.7 Å². The molecule has 0 saturated carbocycles. The Labute approximate surface area is 396 Å². The monoisotopic (exact) mass is 962 g/mol. The molecule has 6 atom stereocenters. The van der Waals surface area contributed by atoms with E-state index < -0.39 is 115 Å². The van der Waals surface area contributed by atoms with Crippen LogP contribution < -0.4 is 43.0 Å². The Bertz CT molecular complexity index is 2280. The molecule has 0 spiro atoms. The number of nitrogens with two attached hydrogens (primary N) is 1. The number of hydrogen-bond acceptors (Lipinski definition) is 13. The van der Waals surface area contributed by atoms with E-state index in [1.807, 2.05) is 0 Å². The molecule has 0 aliphatic carbocycles.